The van der Waals surface area contributed by atoms with Gasteiger partial charge in [0, 0.05) is 38.8 Å². The summed E-state index contributed by atoms with van der Waals surface area (Å²) in [6.07, 6.45) is 2.22. The molecule has 0 aromatic carbocycles. The van der Waals surface area contributed by atoms with E-state index in [1.54, 1.807) is 0 Å². The lowest BCUT2D eigenvalue weighted by Gasteiger charge is -2.38. The Morgan fingerprint density at radius 1 is 1.44 bits per heavy atom. The van der Waals surface area contributed by atoms with Crippen molar-refractivity contribution >= 4 is 0 Å². The Kier molecular flexibility index (Phi) is 4.40. The molecule has 1 aliphatic heterocycles. The molecule has 0 radical (unpaired) electrons. The highest BCUT2D eigenvalue weighted by molar-refractivity contribution is 5.10. The van der Waals surface area contributed by atoms with Crippen molar-refractivity contribution in [3.63, 3.8) is 0 Å². The number of nitrogens with zero attached hydrogens (tertiary/aromatic N) is 3. The summed E-state index contributed by atoms with van der Waals surface area (Å²) < 4.78 is 2.04. The summed E-state index contributed by atoms with van der Waals surface area (Å²) in [5.74, 6) is 0. The van der Waals surface area contributed by atoms with Crippen LogP contribution in [-0.4, -0.2) is 39.9 Å². The fourth-order valence-corrected chi connectivity index (χ4v) is 2.73. The van der Waals surface area contributed by atoms with Crippen LogP contribution in [0.15, 0.2) is 6.07 Å². The lowest BCUT2D eigenvalue weighted by molar-refractivity contribution is 0.121. The number of aromatic nitrogens is 2. The average Bonchev–Trinajstić information content (AvgIpc) is 2.71. The number of hydrogen-bond acceptors (Lipinski definition) is 3. The molecule has 0 spiro atoms. The van der Waals surface area contributed by atoms with Gasteiger partial charge in [-0.25, -0.2) is 0 Å². The molecule has 1 aromatic heterocycles. The molecular formula is C14H26N4. The van der Waals surface area contributed by atoms with Gasteiger partial charge in [-0.1, -0.05) is 13.8 Å². The predicted molar refractivity (Wildman–Crippen MR) is 74.5 cm³/mol. The Labute approximate surface area is 110 Å². The Balaban J connectivity index is 2.07. The first-order chi connectivity index (χ1) is 8.63. The largest absolute Gasteiger partial charge is 0.311 e. The number of nitrogens with one attached hydrogen (secondary N) is 1. The van der Waals surface area contributed by atoms with E-state index in [1.807, 2.05) is 4.68 Å². The fourth-order valence-electron chi connectivity index (χ4n) is 2.73. The van der Waals surface area contributed by atoms with Gasteiger partial charge in [-0.05, 0) is 25.8 Å². The van der Waals surface area contributed by atoms with Crippen molar-refractivity contribution < 1.29 is 0 Å². The summed E-state index contributed by atoms with van der Waals surface area (Å²) in [6, 6.07) is 3.49. The average molecular weight is 250 g/mol. The molecule has 0 aliphatic carbocycles. The molecule has 2 atom stereocenters. The quantitative estimate of drug-likeness (QED) is 0.880. The predicted octanol–water partition coefficient (Wildman–Crippen LogP) is 1.55. The first-order valence-corrected chi connectivity index (χ1v) is 7.13. The molecule has 4 heteroatoms. The van der Waals surface area contributed by atoms with E-state index in [1.165, 1.54) is 17.8 Å². The van der Waals surface area contributed by atoms with E-state index in [0.717, 1.165) is 26.1 Å². The molecule has 18 heavy (non-hydrogen) atoms. The van der Waals surface area contributed by atoms with Crippen LogP contribution < -0.4 is 5.32 Å². The van der Waals surface area contributed by atoms with Crippen LogP contribution in [0.2, 0.25) is 0 Å². The first kappa shape index (κ1) is 13.6. The second-order valence-electron chi connectivity index (χ2n) is 5.40. The van der Waals surface area contributed by atoms with Crippen molar-refractivity contribution in [1.82, 2.24) is 20.0 Å². The minimum absolute atomic E-state index is 0.590. The molecule has 0 saturated carbocycles. The van der Waals surface area contributed by atoms with E-state index in [0.29, 0.717) is 12.1 Å². The molecule has 2 unspecified atom stereocenters. The Morgan fingerprint density at radius 3 is 2.83 bits per heavy atom. The first-order valence-electron chi connectivity index (χ1n) is 7.13. The van der Waals surface area contributed by atoms with E-state index >= 15 is 0 Å². The second kappa shape index (κ2) is 5.85. The number of aryl methyl sites for hydroxylation is 2. The normalized spacial score (nSPS) is 25.6. The Hall–Kier alpha value is -0.870. The molecule has 0 bridgehead atoms. The molecule has 102 valence electrons. The van der Waals surface area contributed by atoms with Gasteiger partial charge in [0.1, 0.15) is 0 Å². The molecule has 1 N–H and O–H groups in total. The van der Waals surface area contributed by atoms with Crippen molar-refractivity contribution in [2.75, 3.05) is 13.1 Å². The third kappa shape index (κ3) is 2.93. The van der Waals surface area contributed by atoms with Crippen LogP contribution in [0.4, 0.5) is 0 Å². The second-order valence-corrected chi connectivity index (χ2v) is 5.40. The van der Waals surface area contributed by atoms with Gasteiger partial charge in [0.2, 0.25) is 0 Å². The Bertz CT molecular complexity index is 385. The zero-order chi connectivity index (χ0) is 13.1. The van der Waals surface area contributed by atoms with Crippen LogP contribution in [-0.2, 0) is 20.0 Å². The summed E-state index contributed by atoms with van der Waals surface area (Å²) in [5, 5.41) is 8.10. The van der Waals surface area contributed by atoms with Gasteiger partial charge in [0.05, 0.1) is 11.4 Å². The van der Waals surface area contributed by atoms with Crippen LogP contribution in [0, 0.1) is 0 Å². The third-order valence-corrected chi connectivity index (χ3v) is 3.95. The minimum Gasteiger partial charge on any atom is -0.311 e. The van der Waals surface area contributed by atoms with Gasteiger partial charge < -0.3 is 5.32 Å². The highest BCUT2D eigenvalue weighted by Crippen LogP contribution is 2.15. The SMILES string of the molecule is CCc1cc(CN2CC(C)NCC2CC)n(C)n1. The van der Waals surface area contributed by atoms with E-state index in [2.05, 4.69) is 49.2 Å². The molecule has 1 aromatic rings. The summed E-state index contributed by atoms with van der Waals surface area (Å²) in [4.78, 5) is 2.59. The summed E-state index contributed by atoms with van der Waals surface area (Å²) in [6.45, 7) is 9.96. The zero-order valence-electron chi connectivity index (χ0n) is 12.1. The van der Waals surface area contributed by atoms with Gasteiger partial charge >= 0.3 is 0 Å². The maximum absolute atomic E-state index is 4.54. The van der Waals surface area contributed by atoms with E-state index < -0.39 is 0 Å². The van der Waals surface area contributed by atoms with Crippen LogP contribution in [0.1, 0.15) is 38.6 Å². The third-order valence-electron chi connectivity index (χ3n) is 3.95. The molecular weight excluding hydrogens is 224 g/mol. The summed E-state index contributed by atoms with van der Waals surface area (Å²) in [5.41, 5.74) is 2.53. The molecule has 1 aliphatic rings. The molecule has 2 rings (SSSR count). The topological polar surface area (TPSA) is 33.1 Å². The monoisotopic (exact) mass is 250 g/mol. The lowest BCUT2D eigenvalue weighted by Crippen LogP contribution is -2.54. The van der Waals surface area contributed by atoms with Gasteiger partial charge in [0.25, 0.3) is 0 Å². The van der Waals surface area contributed by atoms with Crippen molar-refractivity contribution in [3.8, 4) is 0 Å². The maximum atomic E-state index is 4.54. The summed E-state index contributed by atoms with van der Waals surface area (Å²) >= 11 is 0. The van der Waals surface area contributed by atoms with Crippen molar-refractivity contribution in [3.05, 3.63) is 17.5 Å². The van der Waals surface area contributed by atoms with Crippen molar-refractivity contribution in [2.45, 2.75) is 52.2 Å². The molecule has 2 heterocycles. The van der Waals surface area contributed by atoms with Gasteiger partial charge in [-0.2, -0.15) is 5.10 Å². The standard InChI is InChI=1S/C14H26N4/c1-5-12-7-14(17(4)16-12)10-18-9-11(3)15-8-13(18)6-2/h7,11,13,15H,5-6,8-10H2,1-4H3. The van der Waals surface area contributed by atoms with Crippen LogP contribution in [0.3, 0.4) is 0 Å². The minimum atomic E-state index is 0.590. The molecule has 4 nitrogen and oxygen atoms in total. The lowest BCUT2D eigenvalue weighted by atomic mass is 10.1. The Morgan fingerprint density at radius 2 is 2.22 bits per heavy atom. The fraction of sp³-hybridized carbons (Fsp3) is 0.786. The van der Waals surface area contributed by atoms with Gasteiger partial charge in [0.15, 0.2) is 0 Å². The van der Waals surface area contributed by atoms with Gasteiger partial charge in [-0.3, -0.25) is 9.58 Å². The highest BCUT2D eigenvalue weighted by Gasteiger charge is 2.25. The van der Waals surface area contributed by atoms with Crippen LogP contribution in [0.5, 0.6) is 0 Å². The number of piperazine rings is 1. The number of rotatable bonds is 4. The highest BCUT2D eigenvalue weighted by atomic mass is 15.3. The van der Waals surface area contributed by atoms with Crippen molar-refractivity contribution in [2.24, 2.45) is 7.05 Å². The molecule has 1 saturated heterocycles. The zero-order valence-corrected chi connectivity index (χ0v) is 12.1. The van der Waals surface area contributed by atoms with Crippen LogP contribution >= 0.6 is 0 Å². The van der Waals surface area contributed by atoms with Gasteiger partial charge in [-0.15, -0.1) is 0 Å². The molecule has 0 amide bonds. The summed E-state index contributed by atoms with van der Waals surface area (Å²) in [7, 11) is 2.06. The van der Waals surface area contributed by atoms with E-state index in [4.69, 9.17) is 0 Å². The molecule has 1 fully saturated rings. The maximum Gasteiger partial charge on any atom is 0.0625 e. The van der Waals surface area contributed by atoms with Crippen molar-refractivity contribution in [1.29, 1.82) is 0 Å². The number of hydrogen-bond donors (Lipinski definition) is 1. The van der Waals surface area contributed by atoms with E-state index in [-0.39, 0.29) is 0 Å². The smallest absolute Gasteiger partial charge is 0.0625 e. The van der Waals surface area contributed by atoms with E-state index in [9.17, 15) is 0 Å². The van der Waals surface area contributed by atoms with Crippen LogP contribution in [0.25, 0.3) is 0 Å².